The lowest BCUT2D eigenvalue weighted by molar-refractivity contribution is -0.145. The minimum Gasteiger partial charge on any atom is -0.467 e. The largest absolute Gasteiger partial charge is 0.467 e. The second kappa shape index (κ2) is 7.61. The van der Waals surface area contributed by atoms with Gasteiger partial charge in [-0.25, -0.2) is 4.79 Å². The van der Waals surface area contributed by atoms with E-state index in [4.69, 9.17) is 0 Å². The van der Waals surface area contributed by atoms with Crippen LogP contribution >= 0.6 is 0 Å². The van der Waals surface area contributed by atoms with E-state index in [9.17, 15) is 14.4 Å². The van der Waals surface area contributed by atoms with Crippen LogP contribution in [0.1, 0.15) is 51.9 Å². The van der Waals surface area contributed by atoms with E-state index in [0.717, 1.165) is 25.7 Å². The molecule has 1 aliphatic heterocycles. The molecule has 0 aromatic rings. The summed E-state index contributed by atoms with van der Waals surface area (Å²) in [4.78, 5) is 37.7. The number of carbonyl (C=O) groups is 3. The monoisotopic (exact) mass is 310 g/mol. The molecule has 1 aliphatic carbocycles. The van der Waals surface area contributed by atoms with Gasteiger partial charge in [0.15, 0.2) is 0 Å². The molecule has 2 rings (SSSR count). The van der Waals surface area contributed by atoms with Crippen molar-refractivity contribution in [1.29, 1.82) is 0 Å². The molecule has 2 amide bonds. The molecule has 0 radical (unpaired) electrons. The van der Waals surface area contributed by atoms with Crippen LogP contribution in [0.25, 0.3) is 0 Å². The predicted molar refractivity (Wildman–Crippen MR) is 80.9 cm³/mol. The fraction of sp³-hybridized carbons (Fsp3) is 0.812. The molecule has 1 unspecified atom stereocenters. The smallest absolute Gasteiger partial charge is 0.328 e. The minimum atomic E-state index is -0.681. The van der Waals surface area contributed by atoms with Gasteiger partial charge in [-0.1, -0.05) is 25.7 Å². The fourth-order valence-electron chi connectivity index (χ4n) is 3.40. The highest BCUT2D eigenvalue weighted by molar-refractivity contribution is 5.91. The predicted octanol–water partition coefficient (Wildman–Crippen LogP) is 1.24. The molecule has 0 aromatic carbocycles. The van der Waals surface area contributed by atoms with Crippen molar-refractivity contribution in [2.75, 3.05) is 13.7 Å². The highest BCUT2D eigenvalue weighted by atomic mass is 16.5. The minimum absolute atomic E-state index is 0.0674. The normalized spacial score (nSPS) is 24.7. The summed E-state index contributed by atoms with van der Waals surface area (Å²) in [5.74, 6) is -0.999. The number of methoxy groups -OCH3 is 1. The average molecular weight is 310 g/mol. The number of amides is 2. The first-order chi connectivity index (χ1) is 10.5. The van der Waals surface area contributed by atoms with E-state index >= 15 is 0 Å². The molecule has 1 saturated carbocycles. The van der Waals surface area contributed by atoms with Crippen molar-refractivity contribution in [2.45, 2.75) is 64.0 Å². The average Bonchev–Trinajstić information content (AvgIpc) is 2.73. The SMILES string of the molecule is COC(=O)[C@H](C)NC(=O)C1CC(=O)N(C2CCCCCC2)C1. The highest BCUT2D eigenvalue weighted by Crippen LogP contribution is 2.28. The van der Waals surface area contributed by atoms with Crippen molar-refractivity contribution in [3.63, 3.8) is 0 Å². The molecule has 1 saturated heterocycles. The zero-order chi connectivity index (χ0) is 16.1. The second-order valence-corrected chi connectivity index (χ2v) is 6.35. The zero-order valence-electron chi connectivity index (χ0n) is 13.5. The third-order valence-electron chi connectivity index (χ3n) is 4.71. The van der Waals surface area contributed by atoms with Crippen molar-refractivity contribution >= 4 is 17.8 Å². The quantitative estimate of drug-likeness (QED) is 0.626. The molecule has 6 nitrogen and oxygen atoms in total. The Labute approximate surface area is 131 Å². The van der Waals surface area contributed by atoms with Crippen molar-refractivity contribution in [3.8, 4) is 0 Å². The summed E-state index contributed by atoms with van der Waals surface area (Å²) in [5, 5.41) is 2.64. The van der Waals surface area contributed by atoms with Crippen LogP contribution in [-0.2, 0) is 19.1 Å². The van der Waals surface area contributed by atoms with Crippen LogP contribution in [0.4, 0.5) is 0 Å². The van der Waals surface area contributed by atoms with Gasteiger partial charge in [-0.3, -0.25) is 9.59 Å². The van der Waals surface area contributed by atoms with Crippen molar-refractivity contribution < 1.29 is 19.1 Å². The van der Waals surface area contributed by atoms with Gasteiger partial charge in [0.05, 0.1) is 13.0 Å². The van der Waals surface area contributed by atoms with Crippen LogP contribution in [0.2, 0.25) is 0 Å². The van der Waals surface area contributed by atoms with Crippen LogP contribution in [0, 0.1) is 5.92 Å². The van der Waals surface area contributed by atoms with E-state index in [-0.39, 0.29) is 30.2 Å². The topological polar surface area (TPSA) is 75.7 Å². The Morgan fingerprint density at radius 1 is 1.23 bits per heavy atom. The summed E-state index contributed by atoms with van der Waals surface area (Å²) in [6.45, 7) is 2.06. The number of nitrogens with zero attached hydrogens (tertiary/aromatic N) is 1. The summed E-state index contributed by atoms with van der Waals surface area (Å²) < 4.78 is 4.60. The number of ether oxygens (including phenoxy) is 1. The summed E-state index contributed by atoms with van der Waals surface area (Å²) in [6.07, 6.45) is 7.11. The molecule has 2 atom stereocenters. The molecular weight excluding hydrogens is 284 g/mol. The van der Waals surface area contributed by atoms with Gasteiger partial charge in [0, 0.05) is 19.0 Å². The Morgan fingerprint density at radius 2 is 1.86 bits per heavy atom. The third kappa shape index (κ3) is 3.99. The maximum absolute atomic E-state index is 12.2. The standard InChI is InChI=1S/C16H26N2O4/c1-11(16(21)22-2)17-15(20)12-9-14(19)18(10-12)13-7-5-3-4-6-8-13/h11-13H,3-10H2,1-2H3,(H,17,20)/t11-,12?/m0/s1. The number of carbonyl (C=O) groups excluding carboxylic acids is 3. The molecule has 22 heavy (non-hydrogen) atoms. The number of hydrogen-bond donors (Lipinski definition) is 1. The van der Waals surface area contributed by atoms with Crippen molar-refractivity contribution in [1.82, 2.24) is 10.2 Å². The van der Waals surface area contributed by atoms with Gasteiger partial charge in [-0.05, 0) is 19.8 Å². The molecule has 2 aliphatic rings. The lowest BCUT2D eigenvalue weighted by Crippen LogP contribution is -2.43. The van der Waals surface area contributed by atoms with Gasteiger partial charge in [0.2, 0.25) is 11.8 Å². The van der Waals surface area contributed by atoms with Crippen LogP contribution in [0.15, 0.2) is 0 Å². The van der Waals surface area contributed by atoms with E-state index in [1.54, 1.807) is 6.92 Å². The summed E-state index contributed by atoms with van der Waals surface area (Å²) in [7, 11) is 1.29. The van der Waals surface area contributed by atoms with Crippen molar-refractivity contribution in [2.24, 2.45) is 5.92 Å². The summed E-state index contributed by atoms with van der Waals surface area (Å²) in [5.41, 5.74) is 0. The van der Waals surface area contributed by atoms with Gasteiger partial charge in [0.25, 0.3) is 0 Å². The number of nitrogens with one attached hydrogen (secondary N) is 1. The Bertz CT molecular complexity index is 430. The van der Waals surface area contributed by atoms with E-state index in [0.29, 0.717) is 6.54 Å². The Balaban J connectivity index is 1.90. The van der Waals surface area contributed by atoms with E-state index in [1.165, 1.54) is 20.0 Å². The first-order valence-corrected chi connectivity index (χ1v) is 8.20. The Hall–Kier alpha value is -1.59. The Kier molecular flexibility index (Phi) is 5.80. The van der Waals surface area contributed by atoms with Crippen molar-refractivity contribution in [3.05, 3.63) is 0 Å². The summed E-state index contributed by atoms with van der Waals surface area (Å²) >= 11 is 0. The second-order valence-electron chi connectivity index (χ2n) is 6.35. The molecule has 2 fully saturated rings. The van der Waals surface area contributed by atoms with E-state index in [2.05, 4.69) is 10.1 Å². The molecule has 0 spiro atoms. The molecule has 0 bridgehead atoms. The molecule has 124 valence electrons. The first kappa shape index (κ1) is 16.8. The number of likely N-dealkylation sites (tertiary alicyclic amines) is 1. The maximum atomic E-state index is 12.2. The lowest BCUT2D eigenvalue weighted by Gasteiger charge is -2.27. The molecule has 1 N–H and O–H groups in total. The first-order valence-electron chi connectivity index (χ1n) is 8.20. The molecule has 1 heterocycles. The molecular formula is C16H26N2O4. The number of hydrogen-bond acceptors (Lipinski definition) is 4. The van der Waals surface area contributed by atoms with Gasteiger partial charge in [-0.2, -0.15) is 0 Å². The highest BCUT2D eigenvalue weighted by Gasteiger charge is 2.38. The lowest BCUT2D eigenvalue weighted by atomic mass is 10.1. The van der Waals surface area contributed by atoms with Gasteiger partial charge in [0.1, 0.15) is 6.04 Å². The van der Waals surface area contributed by atoms with Crippen LogP contribution in [-0.4, -0.2) is 48.4 Å². The maximum Gasteiger partial charge on any atom is 0.328 e. The van der Waals surface area contributed by atoms with Crippen LogP contribution < -0.4 is 5.32 Å². The Morgan fingerprint density at radius 3 is 2.45 bits per heavy atom. The number of rotatable bonds is 4. The zero-order valence-corrected chi connectivity index (χ0v) is 13.5. The van der Waals surface area contributed by atoms with Crippen LogP contribution in [0.3, 0.4) is 0 Å². The number of esters is 1. The van der Waals surface area contributed by atoms with Gasteiger partial charge in [-0.15, -0.1) is 0 Å². The summed E-state index contributed by atoms with van der Waals surface area (Å²) in [6, 6.07) is -0.398. The third-order valence-corrected chi connectivity index (χ3v) is 4.71. The van der Waals surface area contributed by atoms with Gasteiger partial charge >= 0.3 is 5.97 Å². The van der Waals surface area contributed by atoms with Crippen LogP contribution in [0.5, 0.6) is 0 Å². The molecule has 6 heteroatoms. The molecule has 0 aromatic heterocycles. The van der Waals surface area contributed by atoms with Gasteiger partial charge < -0.3 is 15.0 Å². The fourth-order valence-corrected chi connectivity index (χ4v) is 3.40. The van der Waals surface area contributed by atoms with E-state index < -0.39 is 12.0 Å². The van der Waals surface area contributed by atoms with E-state index in [1.807, 2.05) is 4.90 Å².